The minimum atomic E-state index is -0.780. The summed E-state index contributed by atoms with van der Waals surface area (Å²) in [4.78, 5) is 38.4. The van der Waals surface area contributed by atoms with E-state index in [1.807, 2.05) is 0 Å². The summed E-state index contributed by atoms with van der Waals surface area (Å²) in [6, 6.07) is 0. The number of allylic oxidation sites excluding steroid dienone is 16. The summed E-state index contributed by atoms with van der Waals surface area (Å²) in [6.07, 6.45) is 88.5. The Morgan fingerprint density at radius 1 is 0.269 bits per heavy atom. The van der Waals surface area contributed by atoms with E-state index in [0.717, 1.165) is 109 Å². The molecule has 0 aromatic rings. The van der Waals surface area contributed by atoms with Crippen molar-refractivity contribution in [1.29, 1.82) is 0 Å². The number of ether oxygens (including phenoxy) is 3. The molecule has 0 saturated carbocycles. The number of carbonyl (C=O) groups excluding carboxylic acids is 3. The third-order valence-corrected chi connectivity index (χ3v) is 14.3. The summed E-state index contributed by atoms with van der Waals surface area (Å²) in [7, 11) is 0. The van der Waals surface area contributed by atoms with E-state index in [1.54, 1.807) is 0 Å². The maximum atomic E-state index is 12.9. The van der Waals surface area contributed by atoms with Gasteiger partial charge < -0.3 is 14.2 Å². The molecular weight excluding hydrogens is 961 g/mol. The third-order valence-electron chi connectivity index (χ3n) is 14.3. The Hall–Kier alpha value is -3.67. The van der Waals surface area contributed by atoms with Crippen molar-refractivity contribution < 1.29 is 28.6 Å². The highest BCUT2D eigenvalue weighted by Gasteiger charge is 2.19. The van der Waals surface area contributed by atoms with Crippen LogP contribution in [0.5, 0.6) is 0 Å². The van der Waals surface area contributed by atoms with Gasteiger partial charge in [-0.3, -0.25) is 14.4 Å². The molecule has 0 aromatic heterocycles. The zero-order chi connectivity index (χ0) is 56.4. The van der Waals surface area contributed by atoms with Crippen molar-refractivity contribution in [2.75, 3.05) is 13.2 Å². The molecule has 0 aliphatic rings. The summed E-state index contributed by atoms with van der Waals surface area (Å²) >= 11 is 0. The number of carbonyl (C=O) groups is 3. The molecule has 0 rings (SSSR count). The zero-order valence-electron chi connectivity index (χ0n) is 51.4. The SMILES string of the molecule is CC/C=C\C/C=C\C/C=C\C/C=C\CCCCCCCCCCCCCCC(=O)OCC(COC(=O)CCCCCCCCCCCCCC)OC(=O)CCCCCCCCCCCC/C=C\C/C=C\C/C=C\C/C=C\CC. The van der Waals surface area contributed by atoms with Crippen LogP contribution in [-0.2, 0) is 28.6 Å². The molecule has 0 radical (unpaired) electrons. The Bertz CT molecular complexity index is 1530. The maximum absolute atomic E-state index is 12.9. The van der Waals surface area contributed by atoms with Crippen molar-refractivity contribution in [1.82, 2.24) is 0 Å². The second-order valence-electron chi connectivity index (χ2n) is 22.0. The lowest BCUT2D eigenvalue weighted by molar-refractivity contribution is -0.167. The monoisotopic (exact) mass is 1080 g/mol. The van der Waals surface area contributed by atoms with Crippen molar-refractivity contribution >= 4 is 17.9 Å². The fraction of sp³-hybridized carbons (Fsp3) is 0.736. The quantitative estimate of drug-likeness (QED) is 0.0261. The van der Waals surface area contributed by atoms with Crippen molar-refractivity contribution in [3.8, 4) is 0 Å². The molecule has 0 saturated heterocycles. The van der Waals surface area contributed by atoms with Gasteiger partial charge in [0.25, 0.3) is 0 Å². The van der Waals surface area contributed by atoms with Crippen LogP contribution in [0.3, 0.4) is 0 Å². The number of rotatable bonds is 60. The largest absolute Gasteiger partial charge is 0.462 e. The second kappa shape index (κ2) is 65.8. The van der Waals surface area contributed by atoms with Crippen LogP contribution in [-0.4, -0.2) is 37.2 Å². The molecule has 6 heteroatoms. The number of esters is 3. The van der Waals surface area contributed by atoms with E-state index in [4.69, 9.17) is 14.2 Å². The fourth-order valence-corrected chi connectivity index (χ4v) is 9.43. The van der Waals surface area contributed by atoms with Crippen LogP contribution in [0.2, 0.25) is 0 Å². The van der Waals surface area contributed by atoms with Crippen LogP contribution in [0.15, 0.2) is 97.2 Å². The lowest BCUT2D eigenvalue weighted by Gasteiger charge is -2.18. The van der Waals surface area contributed by atoms with Gasteiger partial charge in [0.2, 0.25) is 0 Å². The van der Waals surface area contributed by atoms with E-state index < -0.39 is 6.10 Å². The van der Waals surface area contributed by atoms with Crippen LogP contribution in [0, 0.1) is 0 Å². The van der Waals surface area contributed by atoms with E-state index in [0.29, 0.717) is 19.3 Å². The summed E-state index contributed by atoms with van der Waals surface area (Å²) in [5.74, 6) is -0.869. The third kappa shape index (κ3) is 63.2. The summed E-state index contributed by atoms with van der Waals surface area (Å²) in [6.45, 7) is 6.44. The smallest absolute Gasteiger partial charge is 0.306 e. The first kappa shape index (κ1) is 74.3. The Labute approximate surface area is 483 Å². The average Bonchev–Trinajstić information content (AvgIpc) is 3.44. The molecule has 0 amide bonds. The lowest BCUT2D eigenvalue weighted by Crippen LogP contribution is -2.30. The van der Waals surface area contributed by atoms with Crippen LogP contribution >= 0.6 is 0 Å². The first-order valence-corrected chi connectivity index (χ1v) is 33.2. The first-order valence-electron chi connectivity index (χ1n) is 33.2. The fourth-order valence-electron chi connectivity index (χ4n) is 9.43. The summed E-state index contributed by atoms with van der Waals surface area (Å²) in [5, 5.41) is 0. The predicted octanol–water partition coefficient (Wildman–Crippen LogP) is 22.8. The molecule has 1 unspecified atom stereocenters. The average molecular weight is 1090 g/mol. The minimum absolute atomic E-state index is 0.0762. The Morgan fingerprint density at radius 2 is 0.500 bits per heavy atom. The highest BCUT2D eigenvalue weighted by Crippen LogP contribution is 2.17. The Kier molecular flexibility index (Phi) is 62.7. The van der Waals surface area contributed by atoms with Gasteiger partial charge in [0, 0.05) is 19.3 Å². The molecule has 1 atom stereocenters. The van der Waals surface area contributed by atoms with Crippen LogP contribution < -0.4 is 0 Å². The molecular formula is C72H124O6. The maximum Gasteiger partial charge on any atom is 0.306 e. The molecule has 448 valence electrons. The second-order valence-corrected chi connectivity index (χ2v) is 22.0. The van der Waals surface area contributed by atoms with Gasteiger partial charge >= 0.3 is 17.9 Å². The number of unbranched alkanes of at least 4 members (excludes halogenated alkanes) is 33. The van der Waals surface area contributed by atoms with Crippen molar-refractivity contribution in [2.24, 2.45) is 0 Å². The number of hydrogen-bond donors (Lipinski definition) is 0. The summed E-state index contributed by atoms with van der Waals surface area (Å²) in [5.41, 5.74) is 0. The van der Waals surface area contributed by atoms with Gasteiger partial charge in [-0.1, -0.05) is 304 Å². The molecule has 0 N–H and O–H groups in total. The van der Waals surface area contributed by atoms with Gasteiger partial charge in [-0.25, -0.2) is 0 Å². The Balaban J connectivity index is 4.29. The highest BCUT2D eigenvalue weighted by atomic mass is 16.6. The van der Waals surface area contributed by atoms with E-state index in [-0.39, 0.29) is 31.1 Å². The van der Waals surface area contributed by atoms with Gasteiger partial charge in [-0.05, 0) is 96.3 Å². The topological polar surface area (TPSA) is 78.9 Å². The molecule has 0 aliphatic heterocycles. The van der Waals surface area contributed by atoms with E-state index in [2.05, 4.69) is 118 Å². The van der Waals surface area contributed by atoms with E-state index >= 15 is 0 Å². The van der Waals surface area contributed by atoms with E-state index in [1.165, 1.54) is 173 Å². The molecule has 0 spiro atoms. The minimum Gasteiger partial charge on any atom is -0.462 e. The molecule has 0 aliphatic carbocycles. The van der Waals surface area contributed by atoms with Gasteiger partial charge in [0.05, 0.1) is 0 Å². The predicted molar refractivity (Wildman–Crippen MR) is 339 cm³/mol. The number of hydrogen-bond acceptors (Lipinski definition) is 6. The Morgan fingerprint density at radius 3 is 0.782 bits per heavy atom. The van der Waals surface area contributed by atoms with Crippen LogP contribution in [0.1, 0.15) is 323 Å². The zero-order valence-corrected chi connectivity index (χ0v) is 51.4. The van der Waals surface area contributed by atoms with Crippen molar-refractivity contribution in [3.05, 3.63) is 97.2 Å². The molecule has 78 heavy (non-hydrogen) atoms. The summed E-state index contributed by atoms with van der Waals surface area (Å²) < 4.78 is 17.0. The molecule has 0 bridgehead atoms. The molecule has 0 fully saturated rings. The van der Waals surface area contributed by atoms with Gasteiger partial charge in [-0.2, -0.15) is 0 Å². The highest BCUT2D eigenvalue weighted by molar-refractivity contribution is 5.71. The van der Waals surface area contributed by atoms with E-state index in [9.17, 15) is 14.4 Å². The first-order chi connectivity index (χ1) is 38.5. The molecule has 6 nitrogen and oxygen atoms in total. The van der Waals surface area contributed by atoms with Gasteiger partial charge in [0.1, 0.15) is 13.2 Å². The normalized spacial score (nSPS) is 12.7. The van der Waals surface area contributed by atoms with Crippen molar-refractivity contribution in [3.63, 3.8) is 0 Å². The molecule has 0 aromatic carbocycles. The van der Waals surface area contributed by atoms with Crippen LogP contribution in [0.25, 0.3) is 0 Å². The standard InChI is InChI=1S/C72H124O6/c1-4-7-10-13-16-19-22-25-27-29-31-33-35-36-38-39-41-43-45-47-50-53-56-59-62-65-71(74)77-68-69(67-76-70(73)64-61-58-55-52-49-24-21-18-15-12-9-6-3)78-72(75)66-63-60-57-54-51-48-46-44-42-40-37-34-32-30-28-26-23-20-17-14-11-8-5-2/h7-8,10-11,16-17,19-20,25-28,31-34,69H,4-6,9,12-15,18,21-24,29-30,35-68H2,1-3H3/b10-7-,11-8-,19-16-,20-17-,27-25-,28-26-,33-31-,34-32-. The van der Waals surface area contributed by atoms with Gasteiger partial charge in [-0.15, -0.1) is 0 Å². The lowest BCUT2D eigenvalue weighted by atomic mass is 10.0. The molecule has 0 heterocycles. The van der Waals surface area contributed by atoms with Crippen LogP contribution in [0.4, 0.5) is 0 Å². The van der Waals surface area contributed by atoms with Gasteiger partial charge in [0.15, 0.2) is 6.10 Å². The van der Waals surface area contributed by atoms with Crippen molar-refractivity contribution in [2.45, 2.75) is 329 Å².